The van der Waals surface area contributed by atoms with E-state index in [4.69, 9.17) is 4.74 Å². The fraction of sp³-hybridized carbons (Fsp3) is 0. The van der Waals surface area contributed by atoms with Gasteiger partial charge in [0.25, 0.3) is 10.0 Å². The molecule has 3 aromatic heterocycles. The second kappa shape index (κ2) is 7.17. The van der Waals surface area contributed by atoms with Gasteiger partial charge in [0, 0.05) is 24.1 Å². The molecule has 1 aromatic carbocycles. The van der Waals surface area contributed by atoms with Crippen molar-refractivity contribution in [2.45, 2.75) is 4.21 Å². The van der Waals surface area contributed by atoms with Crippen LogP contribution >= 0.6 is 11.3 Å². The average Bonchev–Trinajstić information content (AvgIpc) is 3.38. The highest BCUT2D eigenvalue weighted by Crippen LogP contribution is 2.24. The summed E-state index contributed by atoms with van der Waals surface area (Å²) < 4.78 is 34.4. The molecule has 4 aromatic rings. The van der Waals surface area contributed by atoms with E-state index in [-0.39, 0.29) is 4.21 Å². The second-order valence-corrected chi connectivity index (χ2v) is 8.20. The van der Waals surface area contributed by atoms with E-state index in [2.05, 4.69) is 20.0 Å². The Hall–Kier alpha value is -3.24. The highest BCUT2D eigenvalue weighted by Gasteiger charge is 2.15. The van der Waals surface area contributed by atoms with Crippen LogP contribution in [0.25, 0.3) is 5.82 Å². The number of anilines is 1. The minimum Gasteiger partial charge on any atom is -0.438 e. The molecule has 0 saturated heterocycles. The van der Waals surface area contributed by atoms with Crippen molar-refractivity contribution in [2.24, 2.45) is 0 Å². The number of thiophene rings is 1. The zero-order valence-corrected chi connectivity index (χ0v) is 15.4. The van der Waals surface area contributed by atoms with E-state index < -0.39 is 10.0 Å². The van der Waals surface area contributed by atoms with Crippen molar-refractivity contribution in [3.8, 4) is 17.4 Å². The second-order valence-electron chi connectivity index (χ2n) is 5.34. The van der Waals surface area contributed by atoms with Crippen LogP contribution in [0.4, 0.5) is 5.69 Å². The lowest BCUT2D eigenvalue weighted by Crippen LogP contribution is -2.11. The van der Waals surface area contributed by atoms with Crippen LogP contribution in [0.2, 0.25) is 0 Å². The van der Waals surface area contributed by atoms with Crippen molar-refractivity contribution < 1.29 is 13.2 Å². The number of nitrogens with one attached hydrogen (secondary N) is 1. The minimum absolute atomic E-state index is 0.260. The Labute approximate surface area is 159 Å². The number of sulfonamides is 1. The van der Waals surface area contributed by atoms with E-state index in [9.17, 15) is 8.42 Å². The third kappa shape index (κ3) is 3.96. The SMILES string of the molecule is O=S(=O)(Nc1ccc(Oc2ccc(-n3cccn3)nn2)cc1)c1cccs1. The number of benzene rings is 1. The van der Waals surface area contributed by atoms with Crippen LogP contribution in [-0.2, 0) is 10.0 Å². The summed E-state index contributed by atoms with van der Waals surface area (Å²) in [6.07, 6.45) is 3.42. The van der Waals surface area contributed by atoms with Crippen LogP contribution in [-0.4, -0.2) is 28.4 Å². The van der Waals surface area contributed by atoms with E-state index in [1.54, 1.807) is 77.1 Å². The molecule has 0 aliphatic rings. The molecule has 0 atom stereocenters. The molecule has 0 radical (unpaired) electrons. The molecule has 3 heterocycles. The average molecular weight is 399 g/mol. The summed E-state index contributed by atoms with van der Waals surface area (Å²) in [5.41, 5.74) is 0.441. The summed E-state index contributed by atoms with van der Waals surface area (Å²) in [7, 11) is -3.57. The fourth-order valence-corrected chi connectivity index (χ4v) is 4.28. The number of hydrogen-bond acceptors (Lipinski definition) is 7. The molecule has 0 aliphatic carbocycles. The maximum absolute atomic E-state index is 12.2. The Bertz CT molecular complexity index is 1110. The zero-order valence-electron chi connectivity index (χ0n) is 13.8. The predicted octanol–water partition coefficient (Wildman–Crippen LogP) is 3.32. The van der Waals surface area contributed by atoms with Gasteiger partial charge in [-0.2, -0.15) is 5.10 Å². The maximum atomic E-state index is 12.2. The van der Waals surface area contributed by atoms with Crippen LogP contribution < -0.4 is 9.46 Å². The van der Waals surface area contributed by atoms with E-state index in [0.717, 1.165) is 11.3 Å². The van der Waals surface area contributed by atoms with E-state index in [1.807, 2.05) is 0 Å². The molecule has 0 saturated carbocycles. The Morgan fingerprint density at radius 1 is 1.00 bits per heavy atom. The molecule has 1 N–H and O–H groups in total. The van der Waals surface area contributed by atoms with Gasteiger partial charge >= 0.3 is 0 Å². The van der Waals surface area contributed by atoms with Crippen LogP contribution in [0.5, 0.6) is 11.6 Å². The third-order valence-corrected chi connectivity index (χ3v) is 6.23. The van der Waals surface area contributed by atoms with Gasteiger partial charge in [0.2, 0.25) is 5.88 Å². The van der Waals surface area contributed by atoms with Crippen molar-refractivity contribution in [2.75, 3.05) is 4.72 Å². The molecule has 4 rings (SSSR count). The Morgan fingerprint density at radius 2 is 1.85 bits per heavy atom. The van der Waals surface area contributed by atoms with Crippen LogP contribution in [0.15, 0.2) is 76.6 Å². The van der Waals surface area contributed by atoms with Gasteiger partial charge in [0.1, 0.15) is 9.96 Å². The molecular formula is C17H13N5O3S2. The number of rotatable bonds is 6. The lowest BCUT2D eigenvalue weighted by molar-refractivity contribution is 0.454. The quantitative estimate of drug-likeness (QED) is 0.534. The molecule has 8 nitrogen and oxygen atoms in total. The zero-order chi connectivity index (χ0) is 18.7. The molecule has 0 fully saturated rings. The molecule has 0 aliphatic heterocycles. The normalized spacial score (nSPS) is 11.3. The first-order valence-electron chi connectivity index (χ1n) is 7.78. The van der Waals surface area contributed by atoms with Crippen molar-refractivity contribution in [1.29, 1.82) is 0 Å². The van der Waals surface area contributed by atoms with Gasteiger partial charge in [0.15, 0.2) is 5.82 Å². The Morgan fingerprint density at radius 3 is 2.48 bits per heavy atom. The number of aromatic nitrogens is 4. The van der Waals surface area contributed by atoms with Crippen LogP contribution in [0.3, 0.4) is 0 Å². The van der Waals surface area contributed by atoms with Gasteiger partial charge in [0.05, 0.1) is 0 Å². The molecule has 27 heavy (non-hydrogen) atoms. The summed E-state index contributed by atoms with van der Waals surface area (Å²) in [4.78, 5) is 0. The first-order chi connectivity index (χ1) is 13.1. The summed E-state index contributed by atoms with van der Waals surface area (Å²) in [6.45, 7) is 0. The number of nitrogens with zero attached hydrogens (tertiary/aromatic N) is 4. The smallest absolute Gasteiger partial charge is 0.271 e. The molecule has 10 heteroatoms. The van der Waals surface area contributed by atoms with Gasteiger partial charge in [-0.1, -0.05) is 6.07 Å². The van der Waals surface area contributed by atoms with Gasteiger partial charge in [-0.05, 0) is 47.8 Å². The highest BCUT2D eigenvalue weighted by atomic mass is 32.2. The van der Waals surface area contributed by atoms with Gasteiger partial charge < -0.3 is 4.74 Å². The largest absolute Gasteiger partial charge is 0.438 e. The Balaban J connectivity index is 1.43. The Kier molecular flexibility index (Phi) is 4.57. The number of ether oxygens (including phenoxy) is 1. The highest BCUT2D eigenvalue weighted by molar-refractivity contribution is 7.94. The third-order valence-electron chi connectivity index (χ3n) is 3.45. The van der Waals surface area contributed by atoms with Crippen molar-refractivity contribution in [3.05, 3.63) is 72.4 Å². The van der Waals surface area contributed by atoms with Gasteiger partial charge in [-0.15, -0.1) is 21.5 Å². The summed E-state index contributed by atoms with van der Waals surface area (Å²) in [6, 6.07) is 15.0. The fourth-order valence-electron chi connectivity index (χ4n) is 2.23. The van der Waals surface area contributed by atoms with Crippen molar-refractivity contribution in [3.63, 3.8) is 0 Å². The summed E-state index contributed by atoms with van der Waals surface area (Å²) in [5, 5.41) is 13.8. The van der Waals surface area contributed by atoms with Crippen molar-refractivity contribution in [1.82, 2.24) is 20.0 Å². The monoisotopic (exact) mass is 399 g/mol. The number of hydrogen-bond donors (Lipinski definition) is 1. The summed E-state index contributed by atoms with van der Waals surface area (Å²) >= 11 is 1.16. The maximum Gasteiger partial charge on any atom is 0.271 e. The van der Waals surface area contributed by atoms with E-state index in [0.29, 0.717) is 23.1 Å². The predicted molar refractivity (Wildman–Crippen MR) is 101 cm³/mol. The van der Waals surface area contributed by atoms with Crippen molar-refractivity contribution >= 4 is 27.0 Å². The van der Waals surface area contributed by atoms with Crippen LogP contribution in [0, 0.1) is 0 Å². The lowest BCUT2D eigenvalue weighted by atomic mass is 10.3. The first kappa shape index (κ1) is 17.2. The molecule has 0 bridgehead atoms. The molecular weight excluding hydrogens is 386 g/mol. The molecule has 0 spiro atoms. The van der Waals surface area contributed by atoms with Gasteiger partial charge in [-0.25, -0.2) is 13.1 Å². The standard InChI is InChI=1S/C17H13N5O3S2/c23-27(24,17-3-1-12-26-17)21-13-4-6-14(7-5-13)25-16-9-8-15(19-20-16)22-11-2-10-18-22/h1-12,21H. The van der Waals surface area contributed by atoms with Gasteiger partial charge in [-0.3, -0.25) is 4.72 Å². The summed E-state index contributed by atoms with van der Waals surface area (Å²) in [5.74, 6) is 1.40. The van der Waals surface area contributed by atoms with E-state index >= 15 is 0 Å². The van der Waals surface area contributed by atoms with E-state index in [1.165, 1.54) is 0 Å². The lowest BCUT2D eigenvalue weighted by Gasteiger charge is -2.08. The first-order valence-corrected chi connectivity index (χ1v) is 10.1. The van der Waals surface area contributed by atoms with Crippen LogP contribution in [0.1, 0.15) is 0 Å². The topological polar surface area (TPSA) is 99.0 Å². The minimum atomic E-state index is -3.57. The molecule has 0 unspecified atom stereocenters. The molecule has 136 valence electrons. The molecule has 0 amide bonds.